The first-order valence-corrected chi connectivity index (χ1v) is 8.25. The van der Waals surface area contributed by atoms with E-state index in [0.29, 0.717) is 14.8 Å². The van der Waals surface area contributed by atoms with E-state index in [2.05, 4.69) is 4.98 Å². The minimum atomic E-state index is -3.15. The zero-order chi connectivity index (χ0) is 13.8. The van der Waals surface area contributed by atoms with Gasteiger partial charge in [-0.15, -0.1) is 0 Å². The van der Waals surface area contributed by atoms with Crippen molar-refractivity contribution < 1.29 is 8.42 Å². The van der Waals surface area contributed by atoms with E-state index in [-0.39, 0.29) is 11.8 Å². The van der Waals surface area contributed by atoms with Crippen molar-refractivity contribution in [3.8, 4) is 0 Å². The van der Waals surface area contributed by atoms with E-state index >= 15 is 0 Å². The minimum Gasteiger partial charge on any atom is -0.331 e. The van der Waals surface area contributed by atoms with E-state index < -0.39 is 9.84 Å². The predicted molar refractivity (Wildman–Crippen MR) is 79.1 cm³/mol. The van der Waals surface area contributed by atoms with E-state index in [9.17, 15) is 8.42 Å². The van der Waals surface area contributed by atoms with Crippen LogP contribution in [0.25, 0.3) is 11.0 Å². The summed E-state index contributed by atoms with van der Waals surface area (Å²) in [5.74, 6) is 0.00844. The van der Waals surface area contributed by atoms with Crippen molar-refractivity contribution in [3.05, 3.63) is 38.4 Å². The first-order valence-electron chi connectivity index (χ1n) is 5.37. The molecule has 0 aliphatic carbocycles. The maximum absolute atomic E-state index is 11.5. The zero-order valence-electron chi connectivity index (χ0n) is 9.43. The Kier molecular flexibility index (Phi) is 3.01. The van der Waals surface area contributed by atoms with Gasteiger partial charge < -0.3 is 9.55 Å². The van der Waals surface area contributed by atoms with Gasteiger partial charge in [-0.05, 0) is 30.4 Å². The molecule has 1 atom stereocenters. The lowest BCUT2D eigenvalue weighted by Gasteiger charge is -2.10. The standard InChI is InChI=1S/C11H8Cl2N2O2S2/c12-7-3-9-10(4-8(7)13)15(11(18)14-9)6-1-2-19(16,17)5-6/h1-4,6H,5H2,(H,14,18). The first kappa shape index (κ1) is 13.2. The van der Waals surface area contributed by atoms with Crippen LogP contribution < -0.4 is 0 Å². The van der Waals surface area contributed by atoms with Crippen LogP contribution in [0.2, 0.25) is 10.0 Å². The average molecular weight is 335 g/mol. The van der Waals surface area contributed by atoms with E-state index in [1.165, 1.54) is 5.41 Å². The molecule has 19 heavy (non-hydrogen) atoms. The molecular formula is C11H8Cl2N2O2S2. The van der Waals surface area contributed by atoms with Crippen molar-refractivity contribution in [3.63, 3.8) is 0 Å². The van der Waals surface area contributed by atoms with Gasteiger partial charge in [-0.1, -0.05) is 23.2 Å². The highest BCUT2D eigenvalue weighted by Gasteiger charge is 2.25. The van der Waals surface area contributed by atoms with E-state index in [4.69, 9.17) is 35.4 Å². The van der Waals surface area contributed by atoms with Gasteiger partial charge in [0.15, 0.2) is 14.6 Å². The molecule has 1 aromatic carbocycles. The number of aromatic amines is 1. The Morgan fingerprint density at radius 3 is 2.63 bits per heavy atom. The number of sulfone groups is 1. The van der Waals surface area contributed by atoms with Crippen molar-refractivity contribution in [2.75, 3.05) is 5.75 Å². The molecule has 1 aromatic heterocycles. The van der Waals surface area contributed by atoms with Crippen molar-refractivity contribution in [1.29, 1.82) is 0 Å². The van der Waals surface area contributed by atoms with Crippen LogP contribution in [0.3, 0.4) is 0 Å². The molecule has 0 amide bonds. The lowest BCUT2D eigenvalue weighted by molar-refractivity contribution is 0.594. The highest BCUT2D eigenvalue weighted by Crippen LogP contribution is 2.31. The summed E-state index contributed by atoms with van der Waals surface area (Å²) in [6, 6.07) is 3.05. The second-order valence-electron chi connectivity index (χ2n) is 4.31. The van der Waals surface area contributed by atoms with Crippen LogP contribution in [-0.2, 0) is 9.84 Å². The normalized spacial score (nSPS) is 21.3. The first-order chi connectivity index (χ1) is 8.87. The van der Waals surface area contributed by atoms with Gasteiger partial charge >= 0.3 is 0 Å². The van der Waals surface area contributed by atoms with Crippen molar-refractivity contribution in [1.82, 2.24) is 9.55 Å². The molecule has 1 unspecified atom stereocenters. The Labute approximate surface area is 124 Å². The number of hydrogen-bond acceptors (Lipinski definition) is 3. The number of aromatic nitrogens is 2. The third-order valence-corrected chi connectivity index (χ3v) is 5.40. The smallest absolute Gasteiger partial charge is 0.178 e. The Bertz CT molecular complexity index is 865. The summed E-state index contributed by atoms with van der Waals surface area (Å²) >= 11 is 17.2. The Balaban J connectivity index is 2.25. The predicted octanol–water partition coefficient (Wildman–Crippen LogP) is 3.49. The number of hydrogen-bond donors (Lipinski definition) is 1. The number of allylic oxidation sites excluding steroid dienone is 1. The highest BCUT2D eigenvalue weighted by molar-refractivity contribution is 7.94. The number of nitrogens with one attached hydrogen (secondary N) is 1. The lowest BCUT2D eigenvalue weighted by Crippen LogP contribution is -2.11. The number of halogens is 2. The summed E-state index contributed by atoms with van der Waals surface area (Å²) in [4.78, 5) is 3.01. The molecule has 8 heteroatoms. The zero-order valence-corrected chi connectivity index (χ0v) is 12.6. The SMILES string of the molecule is O=S1(=O)C=CC(n2c(=S)[nH]c3cc(Cl)c(Cl)cc32)C1. The molecule has 1 N–H and O–H groups in total. The van der Waals surface area contributed by atoms with Gasteiger partial charge in [-0.25, -0.2) is 8.42 Å². The van der Waals surface area contributed by atoms with Crippen LogP contribution in [0.15, 0.2) is 23.6 Å². The number of fused-ring (bicyclic) bond motifs is 1. The largest absolute Gasteiger partial charge is 0.331 e. The third-order valence-electron chi connectivity index (χ3n) is 3.00. The van der Waals surface area contributed by atoms with Gasteiger partial charge in [-0.3, -0.25) is 0 Å². The summed E-state index contributed by atoms with van der Waals surface area (Å²) < 4.78 is 25.2. The Morgan fingerprint density at radius 2 is 2.00 bits per heavy atom. The molecule has 1 aliphatic heterocycles. The topological polar surface area (TPSA) is 54.9 Å². The maximum atomic E-state index is 11.5. The number of H-pyrrole nitrogens is 1. The van der Waals surface area contributed by atoms with Crippen molar-refractivity contribution in [2.45, 2.75) is 6.04 Å². The molecular weight excluding hydrogens is 327 g/mol. The second kappa shape index (κ2) is 4.34. The fourth-order valence-corrected chi connectivity index (χ4v) is 4.10. The molecule has 0 spiro atoms. The Morgan fingerprint density at radius 1 is 1.32 bits per heavy atom. The molecule has 3 rings (SSSR count). The van der Waals surface area contributed by atoms with Crippen LogP contribution in [0.4, 0.5) is 0 Å². The molecule has 100 valence electrons. The fraction of sp³-hybridized carbons (Fsp3) is 0.182. The highest BCUT2D eigenvalue weighted by atomic mass is 35.5. The van der Waals surface area contributed by atoms with E-state index in [0.717, 1.165) is 11.0 Å². The molecule has 0 bridgehead atoms. The quantitative estimate of drug-likeness (QED) is 0.812. The van der Waals surface area contributed by atoms with Gasteiger partial charge in [0.05, 0.1) is 32.9 Å². The fourth-order valence-electron chi connectivity index (χ4n) is 2.17. The number of imidazole rings is 1. The molecule has 0 saturated carbocycles. The van der Waals surface area contributed by atoms with E-state index in [1.54, 1.807) is 22.8 Å². The summed E-state index contributed by atoms with van der Waals surface area (Å²) in [5, 5.41) is 2.05. The minimum absolute atomic E-state index is 0.00844. The average Bonchev–Trinajstić information content (AvgIpc) is 2.79. The third kappa shape index (κ3) is 2.23. The summed E-state index contributed by atoms with van der Waals surface area (Å²) in [6.07, 6.45) is 1.63. The number of nitrogens with zero attached hydrogens (tertiary/aromatic N) is 1. The van der Waals surface area contributed by atoms with Gasteiger partial charge in [0.1, 0.15) is 0 Å². The van der Waals surface area contributed by atoms with Crippen LogP contribution in [0.1, 0.15) is 6.04 Å². The van der Waals surface area contributed by atoms with Crippen LogP contribution >= 0.6 is 35.4 Å². The van der Waals surface area contributed by atoms with Gasteiger partial charge in [0.2, 0.25) is 0 Å². The molecule has 4 nitrogen and oxygen atoms in total. The summed E-state index contributed by atoms with van der Waals surface area (Å²) in [6.45, 7) is 0. The molecule has 0 saturated heterocycles. The Hall–Kier alpha value is -0.820. The van der Waals surface area contributed by atoms with E-state index in [1.807, 2.05) is 0 Å². The van der Waals surface area contributed by atoms with Gasteiger partial charge in [0.25, 0.3) is 0 Å². The maximum Gasteiger partial charge on any atom is 0.178 e. The van der Waals surface area contributed by atoms with Crippen LogP contribution in [0.5, 0.6) is 0 Å². The number of benzene rings is 1. The van der Waals surface area contributed by atoms with Crippen LogP contribution in [-0.4, -0.2) is 23.7 Å². The molecule has 2 aromatic rings. The van der Waals surface area contributed by atoms with Crippen LogP contribution in [0, 0.1) is 4.77 Å². The van der Waals surface area contributed by atoms with Crippen molar-refractivity contribution >= 4 is 56.3 Å². The monoisotopic (exact) mass is 334 g/mol. The number of rotatable bonds is 1. The second-order valence-corrected chi connectivity index (χ2v) is 7.44. The molecule has 0 radical (unpaired) electrons. The molecule has 2 heterocycles. The van der Waals surface area contributed by atoms with Gasteiger partial charge in [0, 0.05) is 5.41 Å². The van der Waals surface area contributed by atoms with Crippen molar-refractivity contribution in [2.24, 2.45) is 0 Å². The molecule has 0 fully saturated rings. The molecule has 1 aliphatic rings. The van der Waals surface area contributed by atoms with Gasteiger partial charge in [-0.2, -0.15) is 0 Å². The lowest BCUT2D eigenvalue weighted by atomic mass is 10.2. The summed E-state index contributed by atoms with van der Waals surface area (Å²) in [7, 11) is -3.15. The summed E-state index contributed by atoms with van der Waals surface area (Å²) in [5.41, 5.74) is 1.48.